The van der Waals surface area contributed by atoms with Gasteiger partial charge in [0.2, 0.25) is 0 Å². The standard InChI is InChI=1S/C19H20F2N2O2.ClH/c1-22-12-15-3-2-10-23(15)19(24)13-4-7-16(8-5-13)25-18-9-6-14(20)11-17(18)21;/h4-9,11,15,22H,2-3,10,12H2,1H3;1H. The van der Waals surface area contributed by atoms with Crippen LogP contribution in [0.1, 0.15) is 23.2 Å². The third-order valence-electron chi connectivity index (χ3n) is 4.30. The molecule has 1 saturated heterocycles. The highest BCUT2D eigenvalue weighted by Crippen LogP contribution is 2.26. The highest BCUT2D eigenvalue weighted by Gasteiger charge is 2.28. The molecule has 2 aromatic carbocycles. The number of nitrogens with one attached hydrogen (secondary N) is 1. The maximum absolute atomic E-state index is 13.6. The van der Waals surface area contributed by atoms with Gasteiger partial charge < -0.3 is 15.0 Å². The van der Waals surface area contributed by atoms with Gasteiger partial charge in [-0.2, -0.15) is 0 Å². The maximum atomic E-state index is 13.6. The van der Waals surface area contributed by atoms with E-state index in [4.69, 9.17) is 4.74 Å². The summed E-state index contributed by atoms with van der Waals surface area (Å²) in [6.45, 7) is 1.53. The molecule has 1 amide bonds. The Balaban J connectivity index is 0.00000243. The lowest BCUT2D eigenvalue weighted by atomic mass is 10.1. The smallest absolute Gasteiger partial charge is 0.254 e. The van der Waals surface area contributed by atoms with Gasteiger partial charge in [-0.25, -0.2) is 8.78 Å². The van der Waals surface area contributed by atoms with E-state index >= 15 is 0 Å². The van der Waals surface area contributed by atoms with E-state index in [1.807, 2.05) is 11.9 Å². The first kappa shape index (κ1) is 20.1. The molecule has 1 unspecified atom stereocenters. The van der Waals surface area contributed by atoms with Gasteiger partial charge in [0.05, 0.1) is 0 Å². The Morgan fingerprint density at radius 2 is 1.96 bits per heavy atom. The van der Waals surface area contributed by atoms with Gasteiger partial charge in [0, 0.05) is 30.8 Å². The summed E-state index contributed by atoms with van der Waals surface area (Å²) in [5.41, 5.74) is 0.565. The van der Waals surface area contributed by atoms with Crippen LogP contribution in [-0.2, 0) is 0 Å². The fourth-order valence-electron chi connectivity index (χ4n) is 3.07. The number of benzene rings is 2. The van der Waals surface area contributed by atoms with E-state index in [9.17, 15) is 13.6 Å². The molecule has 1 heterocycles. The van der Waals surface area contributed by atoms with Gasteiger partial charge >= 0.3 is 0 Å². The van der Waals surface area contributed by atoms with Crippen LogP contribution in [0, 0.1) is 11.6 Å². The minimum absolute atomic E-state index is 0. The predicted octanol–water partition coefficient (Wildman–Crippen LogP) is 4.00. The molecule has 26 heavy (non-hydrogen) atoms. The number of carbonyl (C=O) groups is 1. The molecule has 0 aromatic heterocycles. The van der Waals surface area contributed by atoms with Gasteiger partial charge in [0.1, 0.15) is 11.6 Å². The van der Waals surface area contributed by atoms with Gasteiger partial charge in [-0.3, -0.25) is 4.79 Å². The third-order valence-corrected chi connectivity index (χ3v) is 4.30. The molecule has 140 valence electrons. The molecule has 1 fully saturated rings. The lowest BCUT2D eigenvalue weighted by molar-refractivity contribution is 0.0737. The van der Waals surface area contributed by atoms with Crippen molar-refractivity contribution >= 4 is 18.3 Å². The maximum Gasteiger partial charge on any atom is 0.254 e. The number of ether oxygens (including phenoxy) is 1. The van der Waals surface area contributed by atoms with Crippen molar-refractivity contribution in [3.63, 3.8) is 0 Å². The quantitative estimate of drug-likeness (QED) is 0.849. The fraction of sp³-hybridized carbons (Fsp3) is 0.316. The van der Waals surface area contributed by atoms with Crippen molar-refractivity contribution in [2.75, 3.05) is 20.1 Å². The molecule has 0 spiro atoms. The fourth-order valence-corrected chi connectivity index (χ4v) is 3.07. The van der Waals surface area contributed by atoms with Crippen LogP contribution in [0.25, 0.3) is 0 Å². The summed E-state index contributed by atoms with van der Waals surface area (Å²) < 4.78 is 32.0. The zero-order valence-electron chi connectivity index (χ0n) is 14.4. The van der Waals surface area contributed by atoms with Crippen LogP contribution in [0.4, 0.5) is 8.78 Å². The summed E-state index contributed by atoms with van der Waals surface area (Å²) in [6, 6.07) is 9.88. The van der Waals surface area contributed by atoms with Crippen molar-refractivity contribution in [1.29, 1.82) is 0 Å². The van der Waals surface area contributed by atoms with Crippen molar-refractivity contribution in [2.45, 2.75) is 18.9 Å². The lowest BCUT2D eigenvalue weighted by Gasteiger charge is -2.24. The Bertz CT molecular complexity index is 756. The Hall–Kier alpha value is -2.18. The van der Waals surface area contributed by atoms with E-state index in [-0.39, 0.29) is 30.1 Å². The van der Waals surface area contributed by atoms with Gasteiger partial charge in [-0.05, 0) is 56.3 Å². The average molecular weight is 383 g/mol. The number of likely N-dealkylation sites (tertiary alicyclic amines) is 1. The number of amides is 1. The molecule has 0 radical (unpaired) electrons. The van der Waals surface area contributed by atoms with Crippen LogP contribution in [0.2, 0.25) is 0 Å². The minimum Gasteiger partial charge on any atom is -0.454 e. The number of hydrogen-bond acceptors (Lipinski definition) is 3. The molecular formula is C19H21ClF2N2O2. The monoisotopic (exact) mass is 382 g/mol. The number of rotatable bonds is 5. The molecule has 4 nitrogen and oxygen atoms in total. The number of carbonyl (C=O) groups excluding carboxylic acids is 1. The van der Waals surface area contributed by atoms with E-state index in [1.165, 1.54) is 6.07 Å². The van der Waals surface area contributed by atoms with E-state index in [0.717, 1.165) is 38.1 Å². The van der Waals surface area contributed by atoms with Crippen LogP contribution >= 0.6 is 12.4 Å². The van der Waals surface area contributed by atoms with E-state index in [1.54, 1.807) is 24.3 Å². The van der Waals surface area contributed by atoms with Gasteiger partial charge in [0.25, 0.3) is 5.91 Å². The highest BCUT2D eigenvalue weighted by atomic mass is 35.5. The minimum atomic E-state index is -0.771. The summed E-state index contributed by atoms with van der Waals surface area (Å²) in [5.74, 6) is -1.12. The van der Waals surface area contributed by atoms with E-state index in [2.05, 4.69) is 5.32 Å². The molecule has 1 atom stereocenters. The molecule has 0 aliphatic carbocycles. The zero-order valence-corrected chi connectivity index (χ0v) is 15.2. The molecular weight excluding hydrogens is 362 g/mol. The Morgan fingerprint density at radius 3 is 2.62 bits per heavy atom. The molecule has 1 aliphatic rings. The Kier molecular flexibility index (Phi) is 6.94. The normalized spacial score (nSPS) is 16.3. The second-order valence-corrected chi connectivity index (χ2v) is 6.05. The molecule has 0 bridgehead atoms. The molecule has 1 aliphatic heterocycles. The molecule has 1 N–H and O–H groups in total. The molecule has 7 heteroatoms. The first-order valence-corrected chi connectivity index (χ1v) is 8.27. The van der Waals surface area contributed by atoms with Crippen LogP contribution < -0.4 is 10.1 Å². The van der Waals surface area contributed by atoms with Crippen molar-refractivity contribution in [1.82, 2.24) is 10.2 Å². The first-order chi connectivity index (χ1) is 12.1. The van der Waals surface area contributed by atoms with Crippen LogP contribution in [0.3, 0.4) is 0 Å². The lowest BCUT2D eigenvalue weighted by Crippen LogP contribution is -2.40. The Morgan fingerprint density at radius 1 is 1.23 bits per heavy atom. The molecule has 0 saturated carbocycles. The van der Waals surface area contributed by atoms with Crippen LogP contribution in [0.15, 0.2) is 42.5 Å². The SMILES string of the molecule is CNCC1CCCN1C(=O)c1ccc(Oc2ccc(F)cc2F)cc1.Cl. The second kappa shape index (κ2) is 8.96. The summed E-state index contributed by atoms with van der Waals surface area (Å²) in [4.78, 5) is 14.5. The molecule has 3 rings (SSSR count). The first-order valence-electron chi connectivity index (χ1n) is 8.27. The third kappa shape index (κ3) is 4.51. The summed E-state index contributed by atoms with van der Waals surface area (Å²) in [6.07, 6.45) is 2.00. The number of hydrogen-bond donors (Lipinski definition) is 1. The van der Waals surface area contributed by atoms with Crippen molar-refractivity contribution in [2.24, 2.45) is 0 Å². The van der Waals surface area contributed by atoms with Crippen molar-refractivity contribution in [3.8, 4) is 11.5 Å². The number of nitrogens with zero attached hydrogens (tertiary/aromatic N) is 1. The second-order valence-electron chi connectivity index (χ2n) is 6.05. The topological polar surface area (TPSA) is 41.6 Å². The van der Waals surface area contributed by atoms with Gasteiger partial charge in [0.15, 0.2) is 11.6 Å². The average Bonchev–Trinajstić information content (AvgIpc) is 3.06. The van der Waals surface area contributed by atoms with Crippen LogP contribution in [0.5, 0.6) is 11.5 Å². The summed E-state index contributed by atoms with van der Waals surface area (Å²) in [5, 5.41) is 3.12. The van der Waals surface area contributed by atoms with Gasteiger partial charge in [-0.1, -0.05) is 0 Å². The number of halogens is 3. The van der Waals surface area contributed by atoms with E-state index in [0.29, 0.717) is 11.3 Å². The molecule has 2 aromatic rings. The Labute approximate surface area is 157 Å². The van der Waals surface area contributed by atoms with E-state index < -0.39 is 11.6 Å². The summed E-state index contributed by atoms with van der Waals surface area (Å²) >= 11 is 0. The van der Waals surface area contributed by atoms with Crippen molar-refractivity contribution < 1.29 is 18.3 Å². The predicted molar refractivity (Wildman–Crippen MR) is 98.1 cm³/mol. The van der Waals surface area contributed by atoms with Gasteiger partial charge in [-0.15, -0.1) is 12.4 Å². The van der Waals surface area contributed by atoms with Crippen LogP contribution in [-0.4, -0.2) is 37.0 Å². The number of likely N-dealkylation sites (N-methyl/N-ethyl adjacent to an activating group) is 1. The summed E-state index contributed by atoms with van der Waals surface area (Å²) in [7, 11) is 1.88. The van der Waals surface area contributed by atoms with Crippen molar-refractivity contribution in [3.05, 3.63) is 59.7 Å². The zero-order chi connectivity index (χ0) is 17.8. The largest absolute Gasteiger partial charge is 0.454 e. The highest BCUT2D eigenvalue weighted by molar-refractivity contribution is 5.94.